The van der Waals surface area contributed by atoms with Crippen molar-refractivity contribution in [2.24, 2.45) is 0 Å². The van der Waals surface area contributed by atoms with E-state index in [1.165, 1.54) is 0 Å². The molecule has 0 aliphatic carbocycles. The van der Waals surface area contributed by atoms with Crippen LogP contribution in [-0.4, -0.2) is 36.7 Å². The van der Waals surface area contributed by atoms with Gasteiger partial charge in [0.2, 0.25) is 0 Å². The van der Waals surface area contributed by atoms with Crippen LogP contribution in [0.15, 0.2) is 0 Å². The largest absolute Gasteiger partial charge is 0.453 e. The summed E-state index contributed by atoms with van der Waals surface area (Å²) < 4.78 is 80.8. The Morgan fingerprint density at radius 1 is 1.13 bits per heavy atom. The average Bonchev–Trinajstić information content (AvgIpc) is 2.45. The first kappa shape index (κ1) is 12.9. The fraction of sp³-hybridized carbons (Fsp3) is 1.00. The molecule has 1 rings (SSSR count). The molecule has 0 N–H and O–H groups in total. The zero-order valence-electron chi connectivity index (χ0n) is 6.95. The van der Waals surface area contributed by atoms with Gasteiger partial charge >= 0.3 is 18.1 Å². The summed E-state index contributed by atoms with van der Waals surface area (Å²) in [4.78, 5) is 0. The summed E-state index contributed by atoms with van der Waals surface area (Å²) in [5, 5.41) is 0. The zero-order chi connectivity index (χ0) is 11.9. The van der Waals surface area contributed by atoms with Crippen LogP contribution < -0.4 is 0 Å². The summed E-state index contributed by atoms with van der Waals surface area (Å²) in [7, 11) is 0. The summed E-state index contributed by atoms with van der Waals surface area (Å²) in [6, 6.07) is 0. The Hall–Kier alpha value is -0.210. The van der Waals surface area contributed by atoms with E-state index in [1.54, 1.807) is 0 Å². The molecule has 2 nitrogen and oxygen atoms in total. The summed E-state index contributed by atoms with van der Waals surface area (Å²) in [6.45, 7) is -0.845. The minimum absolute atomic E-state index is 0.506. The molecule has 0 bridgehead atoms. The van der Waals surface area contributed by atoms with Crippen LogP contribution in [0.3, 0.4) is 0 Å². The first-order valence-electron chi connectivity index (χ1n) is 3.65. The Kier molecular flexibility index (Phi) is 3.15. The van der Waals surface area contributed by atoms with Gasteiger partial charge in [-0.25, -0.2) is 0 Å². The Morgan fingerprint density at radius 2 is 1.60 bits per heavy atom. The van der Waals surface area contributed by atoms with Crippen molar-refractivity contribution in [3.8, 4) is 0 Å². The third-order valence-corrected chi connectivity index (χ3v) is 2.07. The van der Waals surface area contributed by atoms with Crippen LogP contribution >= 0.6 is 11.6 Å². The molecule has 0 amide bonds. The first-order valence-corrected chi connectivity index (χ1v) is 4.18. The first-order chi connectivity index (χ1) is 6.64. The van der Waals surface area contributed by atoms with E-state index in [4.69, 9.17) is 11.6 Å². The van der Waals surface area contributed by atoms with Crippen LogP contribution in [0.25, 0.3) is 0 Å². The topological polar surface area (TPSA) is 18.5 Å². The van der Waals surface area contributed by atoms with E-state index in [9.17, 15) is 26.3 Å². The summed E-state index contributed by atoms with van der Waals surface area (Å²) >= 11 is 5.10. The van der Waals surface area contributed by atoms with Crippen LogP contribution in [0, 0.1) is 0 Å². The summed E-state index contributed by atoms with van der Waals surface area (Å²) in [6.07, 6.45) is -12.8. The molecule has 1 atom stereocenters. The predicted octanol–water partition coefficient (Wildman–Crippen LogP) is 2.46. The third-order valence-electron chi connectivity index (χ3n) is 1.72. The average molecular weight is 259 g/mol. The van der Waals surface area contributed by atoms with Crippen molar-refractivity contribution in [1.82, 2.24) is 0 Å². The lowest BCUT2D eigenvalue weighted by Gasteiger charge is -2.31. The standard InChI is InChI=1S/C6H5ClF6O2/c7-1-3-2-14-4(15-3,5(8,9)10)6(11,12)13/h3H,1-2H2. The highest BCUT2D eigenvalue weighted by Crippen LogP contribution is 2.49. The minimum atomic E-state index is -5.69. The second-order valence-electron chi connectivity index (χ2n) is 2.82. The zero-order valence-corrected chi connectivity index (χ0v) is 7.71. The van der Waals surface area contributed by atoms with E-state index in [-0.39, 0.29) is 0 Å². The molecule has 0 spiro atoms. The lowest BCUT2D eigenvalue weighted by Crippen LogP contribution is -2.58. The highest BCUT2D eigenvalue weighted by atomic mass is 35.5. The van der Waals surface area contributed by atoms with Crippen LogP contribution in [0.5, 0.6) is 0 Å². The molecular formula is C6H5ClF6O2. The number of alkyl halides is 7. The van der Waals surface area contributed by atoms with E-state index in [2.05, 4.69) is 9.47 Å². The van der Waals surface area contributed by atoms with Gasteiger partial charge in [-0.3, -0.25) is 0 Å². The van der Waals surface area contributed by atoms with Gasteiger partial charge in [-0.1, -0.05) is 0 Å². The monoisotopic (exact) mass is 258 g/mol. The molecule has 1 fully saturated rings. The van der Waals surface area contributed by atoms with Crippen molar-refractivity contribution >= 4 is 11.6 Å². The van der Waals surface area contributed by atoms with Crippen LogP contribution in [0.1, 0.15) is 0 Å². The van der Waals surface area contributed by atoms with Gasteiger partial charge in [0.25, 0.3) is 0 Å². The van der Waals surface area contributed by atoms with Crippen molar-refractivity contribution in [2.75, 3.05) is 12.5 Å². The molecule has 0 saturated carbocycles. The maximum Gasteiger partial charge on any atom is 0.453 e. The maximum atomic E-state index is 12.2. The van der Waals surface area contributed by atoms with Gasteiger partial charge in [0.05, 0.1) is 18.6 Å². The van der Waals surface area contributed by atoms with Crippen LogP contribution in [0.2, 0.25) is 0 Å². The smallest absolute Gasteiger partial charge is 0.333 e. The van der Waals surface area contributed by atoms with Crippen molar-refractivity contribution in [2.45, 2.75) is 24.2 Å². The van der Waals surface area contributed by atoms with Crippen molar-refractivity contribution in [1.29, 1.82) is 0 Å². The predicted molar refractivity (Wildman–Crippen MR) is 36.4 cm³/mol. The second kappa shape index (κ2) is 3.67. The third kappa shape index (κ3) is 2.02. The summed E-state index contributed by atoms with van der Waals surface area (Å²) in [5.41, 5.74) is 0. The lowest BCUT2D eigenvalue weighted by molar-refractivity contribution is -0.442. The normalized spacial score (nSPS) is 27.0. The minimum Gasteiger partial charge on any atom is -0.333 e. The fourth-order valence-corrected chi connectivity index (χ4v) is 1.20. The Labute approximate surface area is 85.1 Å². The van der Waals surface area contributed by atoms with E-state index < -0.39 is 36.7 Å². The van der Waals surface area contributed by atoms with E-state index in [0.29, 0.717) is 0 Å². The van der Waals surface area contributed by atoms with Crippen molar-refractivity contribution in [3.05, 3.63) is 0 Å². The Morgan fingerprint density at radius 3 is 1.80 bits per heavy atom. The second-order valence-corrected chi connectivity index (χ2v) is 3.13. The van der Waals surface area contributed by atoms with Gasteiger partial charge in [0.1, 0.15) is 0 Å². The van der Waals surface area contributed by atoms with Crippen molar-refractivity contribution in [3.63, 3.8) is 0 Å². The molecular weight excluding hydrogens is 254 g/mol. The van der Waals surface area contributed by atoms with Crippen LogP contribution in [0.4, 0.5) is 26.3 Å². The quantitative estimate of drug-likeness (QED) is 0.531. The van der Waals surface area contributed by atoms with E-state index in [0.717, 1.165) is 0 Å². The highest BCUT2D eigenvalue weighted by Gasteiger charge is 2.77. The van der Waals surface area contributed by atoms with E-state index in [1.807, 2.05) is 0 Å². The van der Waals surface area contributed by atoms with Gasteiger partial charge in [-0.2, -0.15) is 26.3 Å². The van der Waals surface area contributed by atoms with Crippen LogP contribution in [-0.2, 0) is 9.47 Å². The van der Waals surface area contributed by atoms with Gasteiger partial charge in [-0.15, -0.1) is 11.6 Å². The molecule has 1 unspecified atom stereocenters. The van der Waals surface area contributed by atoms with Crippen molar-refractivity contribution < 1.29 is 35.8 Å². The Bertz CT molecular complexity index is 223. The molecule has 0 aromatic heterocycles. The molecule has 0 aromatic rings. The number of halogens is 7. The Balaban J connectivity index is 3.01. The molecule has 1 heterocycles. The highest BCUT2D eigenvalue weighted by molar-refractivity contribution is 6.18. The number of ether oxygens (including phenoxy) is 2. The summed E-state index contributed by atoms with van der Waals surface area (Å²) in [5.74, 6) is -5.05. The van der Waals surface area contributed by atoms with Gasteiger partial charge < -0.3 is 9.47 Å². The maximum absolute atomic E-state index is 12.2. The lowest BCUT2D eigenvalue weighted by atomic mass is 10.2. The molecule has 9 heteroatoms. The fourth-order valence-electron chi connectivity index (χ4n) is 1.05. The molecule has 0 aromatic carbocycles. The van der Waals surface area contributed by atoms with Gasteiger partial charge in [0, 0.05) is 0 Å². The molecule has 0 radical (unpaired) electrons. The number of rotatable bonds is 1. The van der Waals surface area contributed by atoms with E-state index >= 15 is 0 Å². The number of hydrogen-bond donors (Lipinski definition) is 0. The van der Waals surface area contributed by atoms with Gasteiger partial charge in [0.15, 0.2) is 0 Å². The molecule has 1 aliphatic heterocycles. The number of hydrogen-bond acceptors (Lipinski definition) is 2. The molecule has 15 heavy (non-hydrogen) atoms. The molecule has 90 valence electrons. The molecule has 1 aliphatic rings. The SMILES string of the molecule is FC(F)(F)C1(C(F)(F)F)OCC(CCl)O1. The molecule has 1 saturated heterocycles. The van der Waals surface area contributed by atoms with Gasteiger partial charge in [-0.05, 0) is 0 Å².